The highest BCUT2D eigenvalue weighted by Gasteiger charge is 1.93. The lowest BCUT2D eigenvalue weighted by molar-refractivity contribution is 0.893. The molecule has 0 aromatic heterocycles. The summed E-state index contributed by atoms with van der Waals surface area (Å²) in [7, 11) is 3.65. The largest absolute Gasteiger partial charge is 0.391 e. The minimum atomic E-state index is 0.856. The van der Waals surface area contributed by atoms with Gasteiger partial charge < -0.3 is 10.6 Å². The number of amidine groups is 1. The van der Waals surface area contributed by atoms with E-state index < -0.39 is 0 Å². The summed E-state index contributed by atoms with van der Waals surface area (Å²) in [6.45, 7) is 7.87. The van der Waals surface area contributed by atoms with Crippen molar-refractivity contribution in [1.29, 1.82) is 0 Å². The fraction of sp³-hybridized carbons (Fsp3) is 0.500. The van der Waals surface area contributed by atoms with Crippen molar-refractivity contribution in [1.82, 2.24) is 10.6 Å². The predicted octanol–water partition coefficient (Wildman–Crippen LogP) is 1.65. The average Bonchev–Trinajstić information content (AvgIpc) is 2.13. The van der Waals surface area contributed by atoms with Gasteiger partial charge >= 0.3 is 0 Å². The maximum atomic E-state index is 3.98. The van der Waals surface area contributed by atoms with Crippen LogP contribution in [0.1, 0.15) is 20.3 Å². The van der Waals surface area contributed by atoms with E-state index >= 15 is 0 Å². The third-order valence-electron chi connectivity index (χ3n) is 1.73. The standard InChI is InChI=1S/C10H19N3/c1-6-10(12-5)7-8(2)13-9(3)11-4/h7,12H,2,6H2,1,3-5H3,(H,11,13)/b10-7+. The summed E-state index contributed by atoms with van der Waals surface area (Å²) in [4.78, 5) is 3.98. The van der Waals surface area contributed by atoms with Crippen LogP contribution in [0.4, 0.5) is 0 Å². The Labute approximate surface area is 80.6 Å². The molecule has 13 heavy (non-hydrogen) atoms. The molecule has 74 valence electrons. The summed E-state index contributed by atoms with van der Waals surface area (Å²) in [5.41, 5.74) is 2.01. The molecule has 0 rings (SSSR count). The molecule has 0 saturated carbocycles. The minimum Gasteiger partial charge on any atom is -0.391 e. The number of hydrogen-bond acceptors (Lipinski definition) is 2. The van der Waals surface area contributed by atoms with Crippen LogP contribution in [0.25, 0.3) is 0 Å². The number of nitrogens with zero attached hydrogens (tertiary/aromatic N) is 1. The maximum Gasteiger partial charge on any atom is 0.0971 e. The van der Waals surface area contributed by atoms with Crippen molar-refractivity contribution < 1.29 is 0 Å². The molecule has 0 atom stereocenters. The molecule has 0 saturated heterocycles. The molecule has 0 bridgehead atoms. The molecule has 2 N–H and O–H groups in total. The smallest absolute Gasteiger partial charge is 0.0971 e. The Bertz CT molecular complexity index is 220. The van der Waals surface area contributed by atoms with E-state index in [2.05, 4.69) is 29.1 Å². The Hall–Kier alpha value is -1.25. The second-order valence-electron chi connectivity index (χ2n) is 2.73. The molecule has 0 amide bonds. The van der Waals surface area contributed by atoms with E-state index in [1.165, 1.54) is 0 Å². The van der Waals surface area contributed by atoms with Gasteiger partial charge in [0.05, 0.1) is 5.84 Å². The monoisotopic (exact) mass is 181 g/mol. The van der Waals surface area contributed by atoms with E-state index in [0.29, 0.717) is 0 Å². The van der Waals surface area contributed by atoms with Gasteiger partial charge in [0.1, 0.15) is 0 Å². The zero-order valence-electron chi connectivity index (χ0n) is 8.94. The molecule has 0 aliphatic heterocycles. The third kappa shape index (κ3) is 5.06. The van der Waals surface area contributed by atoms with Gasteiger partial charge in [0, 0.05) is 25.5 Å². The molecule has 3 heteroatoms. The van der Waals surface area contributed by atoms with Crippen molar-refractivity contribution in [2.45, 2.75) is 20.3 Å². The highest BCUT2D eigenvalue weighted by molar-refractivity contribution is 5.81. The molecule has 3 nitrogen and oxygen atoms in total. The van der Waals surface area contributed by atoms with Gasteiger partial charge in [0.15, 0.2) is 0 Å². The van der Waals surface area contributed by atoms with Crippen LogP contribution >= 0.6 is 0 Å². The highest BCUT2D eigenvalue weighted by Crippen LogP contribution is 1.98. The lowest BCUT2D eigenvalue weighted by Gasteiger charge is -2.07. The Balaban J connectivity index is 4.20. The summed E-state index contributed by atoms with van der Waals surface area (Å²) in [6, 6.07) is 0. The van der Waals surface area contributed by atoms with Gasteiger partial charge in [-0.1, -0.05) is 13.5 Å². The van der Waals surface area contributed by atoms with Gasteiger partial charge in [-0.3, -0.25) is 4.99 Å². The first-order valence-electron chi connectivity index (χ1n) is 4.41. The Morgan fingerprint density at radius 1 is 1.54 bits per heavy atom. The lowest BCUT2D eigenvalue weighted by atomic mass is 10.3. The van der Waals surface area contributed by atoms with Gasteiger partial charge in [-0.2, -0.15) is 0 Å². The van der Waals surface area contributed by atoms with Crippen molar-refractivity contribution in [3.05, 3.63) is 24.0 Å². The number of aliphatic imine (C=N–C) groups is 1. The summed E-state index contributed by atoms with van der Waals surface area (Å²) in [5.74, 6) is 0.868. The molecule has 0 aliphatic rings. The van der Waals surface area contributed by atoms with Gasteiger partial charge in [-0.25, -0.2) is 0 Å². The van der Waals surface area contributed by atoms with Gasteiger partial charge in [0.25, 0.3) is 0 Å². The van der Waals surface area contributed by atoms with Gasteiger partial charge in [0.2, 0.25) is 0 Å². The van der Waals surface area contributed by atoms with Gasteiger partial charge in [-0.05, 0) is 19.4 Å². The first-order chi connectivity index (χ1) is 6.13. The maximum absolute atomic E-state index is 3.98. The molecule has 0 aliphatic carbocycles. The Morgan fingerprint density at radius 3 is 2.54 bits per heavy atom. The molecule has 0 unspecified atom stereocenters. The first kappa shape index (κ1) is 11.8. The van der Waals surface area contributed by atoms with Crippen LogP contribution in [0.2, 0.25) is 0 Å². The number of nitrogens with one attached hydrogen (secondary N) is 2. The van der Waals surface area contributed by atoms with Crippen LogP contribution in [0.3, 0.4) is 0 Å². The Morgan fingerprint density at radius 2 is 2.15 bits per heavy atom. The lowest BCUT2D eigenvalue weighted by Crippen LogP contribution is -2.18. The predicted molar refractivity (Wildman–Crippen MR) is 58.7 cm³/mol. The van der Waals surface area contributed by atoms with E-state index in [-0.39, 0.29) is 0 Å². The third-order valence-corrected chi connectivity index (χ3v) is 1.73. The van der Waals surface area contributed by atoms with Crippen molar-refractivity contribution in [3.63, 3.8) is 0 Å². The van der Waals surface area contributed by atoms with E-state index in [4.69, 9.17) is 0 Å². The normalized spacial score (nSPS) is 12.6. The van der Waals surface area contributed by atoms with Crippen LogP contribution < -0.4 is 10.6 Å². The van der Waals surface area contributed by atoms with Crippen LogP contribution in [0, 0.1) is 0 Å². The van der Waals surface area contributed by atoms with E-state index in [0.717, 1.165) is 23.7 Å². The van der Waals surface area contributed by atoms with Crippen molar-refractivity contribution in [3.8, 4) is 0 Å². The second-order valence-corrected chi connectivity index (χ2v) is 2.73. The van der Waals surface area contributed by atoms with Crippen LogP contribution in [0.15, 0.2) is 29.0 Å². The van der Waals surface area contributed by atoms with E-state index in [1.807, 2.05) is 20.0 Å². The number of allylic oxidation sites excluding steroid dienone is 2. The number of rotatable bonds is 4. The van der Waals surface area contributed by atoms with E-state index in [1.54, 1.807) is 7.05 Å². The molecule has 0 radical (unpaired) electrons. The summed E-state index contributed by atoms with van der Waals surface area (Å²) < 4.78 is 0. The zero-order chi connectivity index (χ0) is 10.3. The fourth-order valence-corrected chi connectivity index (χ4v) is 0.886. The molecular formula is C10H19N3. The quantitative estimate of drug-likeness (QED) is 0.393. The van der Waals surface area contributed by atoms with Gasteiger partial charge in [-0.15, -0.1) is 0 Å². The molecule has 0 aromatic rings. The van der Waals surface area contributed by atoms with Crippen LogP contribution in [-0.4, -0.2) is 19.9 Å². The average molecular weight is 181 g/mol. The molecule has 0 fully saturated rings. The molecule has 0 spiro atoms. The van der Waals surface area contributed by atoms with Crippen molar-refractivity contribution >= 4 is 5.84 Å². The van der Waals surface area contributed by atoms with Crippen LogP contribution in [0.5, 0.6) is 0 Å². The molecule has 0 heterocycles. The fourth-order valence-electron chi connectivity index (χ4n) is 0.886. The van der Waals surface area contributed by atoms with E-state index in [9.17, 15) is 0 Å². The highest BCUT2D eigenvalue weighted by atomic mass is 15.0. The zero-order valence-corrected chi connectivity index (χ0v) is 8.94. The second kappa shape index (κ2) is 6.29. The van der Waals surface area contributed by atoms with Crippen LogP contribution in [-0.2, 0) is 0 Å². The Kier molecular flexibility index (Phi) is 5.68. The summed E-state index contributed by atoms with van der Waals surface area (Å²) in [5, 5.41) is 6.16. The number of hydrogen-bond donors (Lipinski definition) is 2. The topological polar surface area (TPSA) is 36.4 Å². The summed E-state index contributed by atoms with van der Waals surface area (Å²) in [6.07, 6.45) is 2.95. The SMILES string of the molecule is C=C(/C=C(\CC)NC)NC(C)=NC. The van der Waals surface area contributed by atoms with Crippen molar-refractivity contribution in [2.75, 3.05) is 14.1 Å². The molecule has 0 aromatic carbocycles. The van der Waals surface area contributed by atoms with Crippen molar-refractivity contribution in [2.24, 2.45) is 4.99 Å². The summed E-state index contributed by atoms with van der Waals surface area (Å²) >= 11 is 0. The first-order valence-corrected chi connectivity index (χ1v) is 4.41. The molecular weight excluding hydrogens is 162 g/mol. The minimum absolute atomic E-state index is 0.856.